The van der Waals surface area contributed by atoms with E-state index in [1.807, 2.05) is 4.90 Å². The smallest absolute Gasteiger partial charge is 0.207 e. The van der Waals surface area contributed by atoms with Crippen LogP contribution < -0.4 is 15.5 Å². The third-order valence-electron chi connectivity index (χ3n) is 6.34. The van der Waals surface area contributed by atoms with Crippen LogP contribution in [0.5, 0.6) is 0 Å². The standard InChI is InChI=1S/C22H27F2N7O/c23-15-3-4-18-26-11-17(31(18)12-15)20-28-21(27-16-2-1-7-25-10-16)19(24)22(29-20)30-8-5-14(13-32)6-9-30/h3-4,11-12,14,16,25,32H,1-2,5-10,13H2,(H,27,28,29)/t16-/m1/s1. The van der Waals surface area contributed by atoms with E-state index in [1.54, 1.807) is 16.7 Å². The number of nitrogens with zero attached hydrogens (tertiary/aromatic N) is 5. The molecule has 0 spiro atoms. The Labute approximate surface area is 184 Å². The number of nitrogens with one attached hydrogen (secondary N) is 2. The van der Waals surface area contributed by atoms with E-state index in [-0.39, 0.29) is 36.0 Å². The van der Waals surface area contributed by atoms with E-state index < -0.39 is 11.6 Å². The molecular formula is C22H27F2N7O. The summed E-state index contributed by atoms with van der Waals surface area (Å²) in [4.78, 5) is 15.3. The van der Waals surface area contributed by atoms with Gasteiger partial charge in [0.15, 0.2) is 17.5 Å². The molecule has 10 heteroatoms. The van der Waals surface area contributed by atoms with Crippen molar-refractivity contribution in [3.05, 3.63) is 36.2 Å². The van der Waals surface area contributed by atoms with Crippen molar-refractivity contribution < 1.29 is 13.9 Å². The summed E-state index contributed by atoms with van der Waals surface area (Å²) in [7, 11) is 0. The molecule has 32 heavy (non-hydrogen) atoms. The van der Waals surface area contributed by atoms with E-state index in [0.29, 0.717) is 24.4 Å². The minimum Gasteiger partial charge on any atom is -0.396 e. The zero-order valence-electron chi connectivity index (χ0n) is 17.8. The molecule has 2 fully saturated rings. The second-order valence-electron chi connectivity index (χ2n) is 8.55. The van der Waals surface area contributed by atoms with Gasteiger partial charge in [0, 0.05) is 38.5 Å². The lowest BCUT2D eigenvalue weighted by atomic mass is 9.98. The first kappa shape index (κ1) is 21.0. The van der Waals surface area contributed by atoms with Gasteiger partial charge < -0.3 is 20.6 Å². The predicted molar refractivity (Wildman–Crippen MR) is 118 cm³/mol. The molecular weight excluding hydrogens is 416 g/mol. The number of anilines is 2. The Hall–Kier alpha value is -2.85. The normalized spacial score (nSPS) is 20.1. The molecule has 3 N–H and O–H groups in total. The summed E-state index contributed by atoms with van der Waals surface area (Å²) in [6.07, 6.45) is 6.37. The Morgan fingerprint density at radius 1 is 1.16 bits per heavy atom. The van der Waals surface area contributed by atoms with Crippen LogP contribution in [0.1, 0.15) is 25.7 Å². The van der Waals surface area contributed by atoms with Crippen LogP contribution in [0.25, 0.3) is 17.2 Å². The van der Waals surface area contributed by atoms with Crippen molar-refractivity contribution in [3.63, 3.8) is 0 Å². The lowest BCUT2D eigenvalue weighted by Crippen LogP contribution is -2.39. The third kappa shape index (κ3) is 4.12. The molecule has 5 rings (SSSR count). The van der Waals surface area contributed by atoms with Crippen molar-refractivity contribution in [2.45, 2.75) is 31.7 Å². The Morgan fingerprint density at radius 3 is 2.75 bits per heavy atom. The highest BCUT2D eigenvalue weighted by atomic mass is 19.1. The fourth-order valence-corrected chi connectivity index (χ4v) is 4.47. The van der Waals surface area contributed by atoms with E-state index in [0.717, 1.165) is 38.8 Å². The van der Waals surface area contributed by atoms with E-state index >= 15 is 4.39 Å². The van der Waals surface area contributed by atoms with Crippen LogP contribution in [0.4, 0.5) is 20.4 Å². The monoisotopic (exact) mass is 443 g/mol. The molecule has 0 unspecified atom stereocenters. The summed E-state index contributed by atoms with van der Waals surface area (Å²) in [6.45, 7) is 3.03. The zero-order chi connectivity index (χ0) is 22.1. The Bertz CT molecular complexity index is 1090. The molecule has 170 valence electrons. The van der Waals surface area contributed by atoms with Gasteiger partial charge in [0.25, 0.3) is 0 Å². The lowest BCUT2D eigenvalue weighted by Gasteiger charge is -2.33. The van der Waals surface area contributed by atoms with Crippen molar-refractivity contribution in [2.24, 2.45) is 5.92 Å². The van der Waals surface area contributed by atoms with Crippen LogP contribution in [-0.2, 0) is 0 Å². The maximum atomic E-state index is 15.6. The Morgan fingerprint density at radius 2 is 2.00 bits per heavy atom. The van der Waals surface area contributed by atoms with Crippen molar-refractivity contribution >= 4 is 17.3 Å². The molecule has 0 aromatic carbocycles. The predicted octanol–water partition coefficient (Wildman–Crippen LogP) is 2.44. The van der Waals surface area contributed by atoms with Gasteiger partial charge in [0.1, 0.15) is 17.2 Å². The second-order valence-corrected chi connectivity index (χ2v) is 8.55. The third-order valence-corrected chi connectivity index (χ3v) is 6.34. The molecule has 2 saturated heterocycles. The largest absolute Gasteiger partial charge is 0.396 e. The number of rotatable bonds is 5. The molecule has 0 saturated carbocycles. The second kappa shape index (κ2) is 8.95. The maximum Gasteiger partial charge on any atom is 0.207 e. The van der Waals surface area contributed by atoms with Crippen molar-refractivity contribution in [2.75, 3.05) is 43.0 Å². The van der Waals surface area contributed by atoms with Crippen LogP contribution >= 0.6 is 0 Å². The summed E-state index contributed by atoms with van der Waals surface area (Å²) in [6, 6.07) is 2.99. The number of piperidine rings is 2. The first-order valence-electron chi connectivity index (χ1n) is 11.2. The van der Waals surface area contributed by atoms with Gasteiger partial charge in [-0.3, -0.25) is 4.40 Å². The fourth-order valence-electron chi connectivity index (χ4n) is 4.47. The minimum atomic E-state index is -0.484. The zero-order valence-corrected chi connectivity index (χ0v) is 17.8. The number of hydrogen-bond acceptors (Lipinski definition) is 7. The first-order chi connectivity index (χ1) is 15.6. The highest BCUT2D eigenvalue weighted by molar-refractivity contribution is 5.63. The SMILES string of the molecule is OCC1CCN(c2nc(-c3cnc4ccc(F)cn34)nc(N[C@@H]3CCCNC3)c2F)CC1. The molecule has 0 bridgehead atoms. The number of halogens is 2. The van der Waals surface area contributed by atoms with E-state index in [2.05, 4.69) is 25.6 Å². The van der Waals surface area contributed by atoms with Gasteiger partial charge in [-0.2, -0.15) is 4.39 Å². The molecule has 0 aliphatic carbocycles. The highest BCUT2D eigenvalue weighted by Gasteiger charge is 2.27. The molecule has 8 nitrogen and oxygen atoms in total. The highest BCUT2D eigenvalue weighted by Crippen LogP contribution is 2.31. The summed E-state index contributed by atoms with van der Waals surface area (Å²) in [5.41, 5.74) is 1.06. The van der Waals surface area contributed by atoms with Crippen LogP contribution in [0.2, 0.25) is 0 Å². The molecule has 3 aromatic heterocycles. The molecule has 5 heterocycles. The van der Waals surface area contributed by atoms with Crippen molar-refractivity contribution in [1.29, 1.82) is 0 Å². The Kier molecular flexibility index (Phi) is 5.88. The number of aliphatic hydroxyl groups excluding tert-OH is 1. The summed E-state index contributed by atoms with van der Waals surface area (Å²) in [5.74, 6) is -0.00441. The van der Waals surface area contributed by atoms with E-state index in [1.165, 1.54) is 12.3 Å². The van der Waals surface area contributed by atoms with Gasteiger partial charge >= 0.3 is 0 Å². The van der Waals surface area contributed by atoms with Crippen LogP contribution in [-0.4, -0.2) is 63.3 Å². The lowest BCUT2D eigenvalue weighted by molar-refractivity contribution is 0.202. The van der Waals surface area contributed by atoms with Gasteiger partial charge in [-0.05, 0) is 50.3 Å². The molecule has 0 radical (unpaired) electrons. The minimum absolute atomic E-state index is 0.0635. The van der Waals surface area contributed by atoms with E-state index in [9.17, 15) is 9.50 Å². The number of fused-ring (bicyclic) bond motifs is 1. The first-order valence-corrected chi connectivity index (χ1v) is 11.2. The average molecular weight is 444 g/mol. The van der Waals surface area contributed by atoms with Crippen LogP contribution in [0.15, 0.2) is 24.5 Å². The quantitative estimate of drug-likeness (QED) is 0.558. The van der Waals surface area contributed by atoms with Crippen molar-refractivity contribution in [1.82, 2.24) is 24.7 Å². The molecule has 2 aliphatic rings. The molecule has 1 atom stereocenters. The van der Waals surface area contributed by atoms with Crippen molar-refractivity contribution in [3.8, 4) is 11.5 Å². The number of hydrogen-bond donors (Lipinski definition) is 3. The number of imidazole rings is 1. The number of aliphatic hydroxyl groups is 1. The van der Waals surface area contributed by atoms with Gasteiger partial charge in [0.2, 0.25) is 5.82 Å². The molecule has 0 amide bonds. The topological polar surface area (TPSA) is 90.6 Å². The van der Waals surface area contributed by atoms with Gasteiger partial charge in [-0.25, -0.2) is 19.3 Å². The average Bonchev–Trinajstić information content (AvgIpc) is 3.24. The van der Waals surface area contributed by atoms with E-state index in [4.69, 9.17) is 0 Å². The maximum absolute atomic E-state index is 15.6. The number of pyridine rings is 1. The van der Waals surface area contributed by atoms with Gasteiger partial charge in [-0.15, -0.1) is 0 Å². The fraction of sp³-hybridized carbons (Fsp3) is 0.500. The molecule has 3 aromatic rings. The summed E-state index contributed by atoms with van der Waals surface area (Å²) in [5, 5.41) is 16.0. The summed E-state index contributed by atoms with van der Waals surface area (Å²) >= 11 is 0. The van der Waals surface area contributed by atoms with Crippen LogP contribution in [0.3, 0.4) is 0 Å². The molecule has 2 aliphatic heterocycles. The van der Waals surface area contributed by atoms with Crippen LogP contribution in [0, 0.1) is 17.6 Å². The van der Waals surface area contributed by atoms with Gasteiger partial charge in [0.05, 0.1) is 6.20 Å². The summed E-state index contributed by atoms with van der Waals surface area (Å²) < 4.78 is 31.1. The number of aromatic nitrogens is 4. The van der Waals surface area contributed by atoms with Gasteiger partial charge in [-0.1, -0.05) is 0 Å². The Balaban J connectivity index is 1.56.